The maximum Gasteiger partial charge on any atom is 0.243 e. The molecule has 4 heteroatoms. The molecule has 0 amide bonds. The molecular formula is C11H20N4. The average molecular weight is 208 g/mol. The largest absolute Gasteiger partial charge is 0.348 e. The molecule has 0 saturated carbocycles. The summed E-state index contributed by atoms with van der Waals surface area (Å²) in [6, 6.07) is 0. The summed E-state index contributed by atoms with van der Waals surface area (Å²) in [4.78, 5) is 4.37. The zero-order valence-electron chi connectivity index (χ0n) is 10.3. The first-order valence-corrected chi connectivity index (χ1v) is 5.47. The minimum absolute atomic E-state index is 0.0589. The summed E-state index contributed by atoms with van der Waals surface area (Å²) >= 11 is 0. The molecule has 1 rings (SSSR count). The fraction of sp³-hybridized carbons (Fsp3) is 0.727. The van der Waals surface area contributed by atoms with Gasteiger partial charge in [0.1, 0.15) is 0 Å². The number of nitrogens with zero attached hydrogens (tertiary/aromatic N) is 3. The van der Waals surface area contributed by atoms with E-state index in [1.165, 1.54) is 0 Å². The second kappa shape index (κ2) is 4.55. The van der Waals surface area contributed by atoms with Crippen molar-refractivity contribution in [3.8, 4) is 0 Å². The number of hydrogen-bond acceptors (Lipinski definition) is 4. The van der Waals surface area contributed by atoms with Gasteiger partial charge in [0.05, 0.1) is 11.4 Å². The number of aryl methyl sites for hydroxylation is 2. The fourth-order valence-corrected chi connectivity index (χ4v) is 1.21. The Morgan fingerprint density at radius 2 is 1.67 bits per heavy atom. The Morgan fingerprint density at radius 3 is 2.13 bits per heavy atom. The van der Waals surface area contributed by atoms with E-state index in [1.54, 1.807) is 0 Å². The van der Waals surface area contributed by atoms with Crippen LogP contribution in [0.1, 0.15) is 45.0 Å². The van der Waals surface area contributed by atoms with Crippen LogP contribution in [0.4, 0.5) is 5.95 Å². The van der Waals surface area contributed by atoms with Gasteiger partial charge >= 0.3 is 0 Å². The first-order chi connectivity index (χ1) is 7.00. The van der Waals surface area contributed by atoms with Crippen LogP contribution in [0.25, 0.3) is 0 Å². The molecule has 0 aliphatic carbocycles. The number of nitrogens with one attached hydrogen (secondary N) is 1. The molecule has 0 spiro atoms. The molecule has 0 aromatic carbocycles. The lowest BCUT2D eigenvalue weighted by molar-refractivity contribution is 0.473. The summed E-state index contributed by atoms with van der Waals surface area (Å²) < 4.78 is 0. The third-order valence-corrected chi connectivity index (χ3v) is 3.07. The van der Waals surface area contributed by atoms with Gasteiger partial charge in [-0.25, -0.2) is 4.98 Å². The lowest BCUT2D eigenvalue weighted by atomic mass is 9.96. The van der Waals surface area contributed by atoms with E-state index in [4.69, 9.17) is 0 Å². The van der Waals surface area contributed by atoms with Crippen molar-refractivity contribution < 1.29 is 0 Å². The van der Waals surface area contributed by atoms with E-state index < -0.39 is 0 Å². The highest BCUT2D eigenvalue weighted by atomic mass is 15.3. The monoisotopic (exact) mass is 208 g/mol. The van der Waals surface area contributed by atoms with E-state index in [9.17, 15) is 0 Å². The molecule has 4 nitrogen and oxygen atoms in total. The summed E-state index contributed by atoms with van der Waals surface area (Å²) in [6.45, 7) is 10.4. The molecule has 15 heavy (non-hydrogen) atoms. The van der Waals surface area contributed by atoms with Gasteiger partial charge in [-0.1, -0.05) is 13.8 Å². The molecule has 0 bridgehead atoms. The highest BCUT2D eigenvalue weighted by Crippen LogP contribution is 2.18. The summed E-state index contributed by atoms with van der Waals surface area (Å²) in [5.41, 5.74) is 1.88. The van der Waals surface area contributed by atoms with Crippen molar-refractivity contribution in [1.29, 1.82) is 0 Å². The predicted octanol–water partition coefficient (Wildman–Crippen LogP) is 2.48. The van der Waals surface area contributed by atoms with Crippen molar-refractivity contribution >= 4 is 5.95 Å². The van der Waals surface area contributed by atoms with Crippen molar-refractivity contribution in [1.82, 2.24) is 15.2 Å². The third kappa shape index (κ3) is 2.88. The normalized spacial score (nSPS) is 11.5. The smallest absolute Gasteiger partial charge is 0.243 e. The van der Waals surface area contributed by atoms with Gasteiger partial charge in [-0.2, -0.15) is 5.10 Å². The van der Waals surface area contributed by atoms with Crippen molar-refractivity contribution in [2.45, 2.75) is 53.0 Å². The van der Waals surface area contributed by atoms with Crippen LogP contribution in [-0.4, -0.2) is 20.7 Å². The van der Waals surface area contributed by atoms with Crippen molar-refractivity contribution in [3.05, 3.63) is 11.4 Å². The van der Waals surface area contributed by atoms with Gasteiger partial charge in [-0.3, -0.25) is 0 Å². The first-order valence-electron chi connectivity index (χ1n) is 5.47. The number of anilines is 1. The van der Waals surface area contributed by atoms with Gasteiger partial charge in [0.15, 0.2) is 0 Å². The maximum absolute atomic E-state index is 4.37. The van der Waals surface area contributed by atoms with Gasteiger partial charge in [0, 0.05) is 5.54 Å². The van der Waals surface area contributed by atoms with Crippen LogP contribution in [-0.2, 0) is 0 Å². The first kappa shape index (κ1) is 11.9. The summed E-state index contributed by atoms with van der Waals surface area (Å²) in [5.74, 6) is 0.629. The highest BCUT2D eigenvalue weighted by molar-refractivity contribution is 5.28. The topological polar surface area (TPSA) is 50.7 Å². The third-order valence-electron chi connectivity index (χ3n) is 3.07. The molecule has 0 radical (unpaired) electrons. The number of rotatable bonds is 4. The van der Waals surface area contributed by atoms with Crippen LogP contribution >= 0.6 is 0 Å². The minimum atomic E-state index is 0.0589. The zero-order chi connectivity index (χ0) is 11.5. The number of hydrogen-bond donors (Lipinski definition) is 1. The van der Waals surface area contributed by atoms with Crippen molar-refractivity contribution in [2.75, 3.05) is 5.32 Å². The summed E-state index contributed by atoms with van der Waals surface area (Å²) in [7, 11) is 0. The van der Waals surface area contributed by atoms with Gasteiger partial charge in [0.2, 0.25) is 5.95 Å². The molecule has 0 unspecified atom stereocenters. The van der Waals surface area contributed by atoms with Gasteiger partial charge in [0.25, 0.3) is 0 Å². The molecule has 0 fully saturated rings. The molecule has 0 aliphatic rings. The Bertz CT molecular complexity index is 331. The SMILES string of the molecule is CCC(C)(CC)Nc1nnc(C)c(C)n1. The molecule has 1 heterocycles. The van der Waals surface area contributed by atoms with Gasteiger partial charge < -0.3 is 5.32 Å². The van der Waals surface area contributed by atoms with Crippen LogP contribution in [0.2, 0.25) is 0 Å². The Labute approximate surface area is 91.5 Å². The molecule has 0 saturated heterocycles. The Balaban J connectivity index is 2.85. The summed E-state index contributed by atoms with van der Waals surface area (Å²) in [5, 5.41) is 11.4. The van der Waals surface area contributed by atoms with E-state index in [2.05, 4.69) is 41.3 Å². The molecular weight excluding hydrogens is 188 g/mol. The Morgan fingerprint density at radius 1 is 1.07 bits per heavy atom. The van der Waals surface area contributed by atoms with Crippen LogP contribution in [0.15, 0.2) is 0 Å². The Hall–Kier alpha value is -1.19. The lowest BCUT2D eigenvalue weighted by Crippen LogP contribution is -2.34. The Kier molecular flexibility index (Phi) is 3.61. The van der Waals surface area contributed by atoms with E-state index in [-0.39, 0.29) is 5.54 Å². The quantitative estimate of drug-likeness (QED) is 0.826. The van der Waals surface area contributed by atoms with E-state index in [0.29, 0.717) is 5.95 Å². The summed E-state index contributed by atoms with van der Waals surface area (Å²) in [6.07, 6.45) is 2.08. The van der Waals surface area contributed by atoms with E-state index in [0.717, 1.165) is 24.2 Å². The second-order valence-electron chi connectivity index (χ2n) is 4.20. The van der Waals surface area contributed by atoms with Crippen LogP contribution in [0.5, 0.6) is 0 Å². The average Bonchev–Trinajstić information content (AvgIpc) is 2.23. The standard InChI is InChI=1S/C11H20N4/c1-6-11(5,7-2)13-10-12-8(3)9(4)14-15-10/h6-7H2,1-5H3,(H,12,13,15). The fourth-order valence-electron chi connectivity index (χ4n) is 1.21. The molecule has 1 N–H and O–H groups in total. The molecule has 1 aromatic heterocycles. The van der Waals surface area contributed by atoms with Crippen LogP contribution < -0.4 is 5.32 Å². The molecule has 0 atom stereocenters. The molecule has 1 aromatic rings. The molecule has 0 aliphatic heterocycles. The van der Waals surface area contributed by atoms with Crippen LogP contribution in [0, 0.1) is 13.8 Å². The highest BCUT2D eigenvalue weighted by Gasteiger charge is 2.20. The van der Waals surface area contributed by atoms with Crippen molar-refractivity contribution in [2.24, 2.45) is 0 Å². The molecule has 84 valence electrons. The van der Waals surface area contributed by atoms with E-state index in [1.807, 2.05) is 13.8 Å². The zero-order valence-corrected chi connectivity index (χ0v) is 10.3. The maximum atomic E-state index is 4.37. The number of aromatic nitrogens is 3. The van der Waals surface area contributed by atoms with Crippen LogP contribution in [0.3, 0.4) is 0 Å². The van der Waals surface area contributed by atoms with Gasteiger partial charge in [-0.15, -0.1) is 5.10 Å². The van der Waals surface area contributed by atoms with E-state index >= 15 is 0 Å². The van der Waals surface area contributed by atoms with Crippen molar-refractivity contribution in [3.63, 3.8) is 0 Å². The minimum Gasteiger partial charge on any atom is -0.348 e. The predicted molar refractivity (Wildman–Crippen MR) is 61.9 cm³/mol. The van der Waals surface area contributed by atoms with Gasteiger partial charge in [-0.05, 0) is 33.6 Å². The lowest BCUT2D eigenvalue weighted by Gasteiger charge is -2.27. The second-order valence-corrected chi connectivity index (χ2v) is 4.20.